The molecule has 0 N–H and O–H groups in total. The van der Waals surface area contributed by atoms with Crippen molar-refractivity contribution in [2.75, 3.05) is 6.61 Å². The van der Waals surface area contributed by atoms with Crippen LogP contribution in [0.4, 0.5) is 0 Å². The van der Waals surface area contributed by atoms with E-state index in [9.17, 15) is 0 Å². The normalized spacial score (nSPS) is 12.4. The molecule has 1 nitrogen and oxygen atoms in total. The Labute approximate surface area is 110 Å². The van der Waals surface area contributed by atoms with E-state index in [0.717, 1.165) is 12.5 Å². The fourth-order valence-corrected chi connectivity index (χ4v) is 4.30. The summed E-state index contributed by atoms with van der Waals surface area (Å²) in [6, 6.07) is 1.34. The summed E-state index contributed by atoms with van der Waals surface area (Å²) in [5.41, 5.74) is 0. The number of unbranched alkanes of at least 4 members (excludes halogenated alkanes) is 5. The average molecular weight is 259 g/mol. The SMILES string of the molecule is CCO[Si](C)(C)CCCCCCCCC(C)C. The van der Waals surface area contributed by atoms with Gasteiger partial charge in [-0.05, 0) is 32.0 Å². The molecule has 104 valence electrons. The predicted octanol–water partition coefficient (Wildman–Crippen LogP) is 5.61. The molecule has 0 aromatic carbocycles. The summed E-state index contributed by atoms with van der Waals surface area (Å²) in [6.07, 6.45) is 9.91. The van der Waals surface area contributed by atoms with Gasteiger partial charge in [0.2, 0.25) is 0 Å². The Bertz CT molecular complexity index is 166. The van der Waals surface area contributed by atoms with E-state index < -0.39 is 8.32 Å². The van der Waals surface area contributed by atoms with Crippen molar-refractivity contribution in [3.63, 3.8) is 0 Å². The highest BCUT2D eigenvalue weighted by atomic mass is 28.4. The van der Waals surface area contributed by atoms with Crippen LogP contribution in [0.25, 0.3) is 0 Å². The molecular weight excluding hydrogens is 224 g/mol. The van der Waals surface area contributed by atoms with E-state index in [0.29, 0.717) is 0 Å². The molecule has 17 heavy (non-hydrogen) atoms. The molecule has 0 unspecified atom stereocenters. The lowest BCUT2D eigenvalue weighted by molar-refractivity contribution is 0.327. The highest BCUT2D eigenvalue weighted by molar-refractivity contribution is 6.71. The Kier molecular flexibility index (Phi) is 10.2. The molecule has 2 heteroatoms. The highest BCUT2D eigenvalue weighted by Crippen LogP contribution is 2.17. The van der Waals surface area contributed by atoms with E-state index in [1.54, 1.807) is 0 Å². The van der Waals surface area contributed by atoms with Crippen LogP contribution in [0.5, 0.6) is 0 Å². The lowest BCUT2D eigenvalue weighted by Crippen LogP contribution is -2.29. The summed E-state index contributed by atoms with van der Waals surface area (Å²) in [6.45, 7) is 12.3. The third kappa shape index (κ3) is 12.4. The lowest BCUT2D eigenvalue weighted by atomic mass is 10.0. The zero-order valence-electron chi connectivity index (χ0n) is 12.8. The van der Waals surface area contributed by atoms with Crippen molar-refractivity contribution in [1.82, 2.24) is 0 Å². The third-order valence-corrected chi connectivity index (χ3v) is 5.97. The summed E-state index contributed by atoms with van der Waals surface area (Å²) < 4.78 is 5.84. The number of hydrogen-bond donors (Lipinski definition) is 0. The van der Waals surface area contributed by atoms with E-state index in [1.165, 1.54) is 51.0 Å². The second-order valence-corrected chi connectivity index (χ2v) is 10.6. The predicted molar refractivity (Wildman–Crippen MR) is 81.1 cm³/mol. The molecule has 0 aromatic rings. The van der Waals surface area contributed by atoms with Gasteiger partial charge in [-0.3, -0.25) is 0 Å². The van der Waals surface area contributed by atoms with Crippen molar-refractivity contribution in [2.24, 2.45) is 5.92 Å². The molecule has 0 aliphatic rings. The van der Waals surface area contributed by atoms with Crippen LogP contribution in [-0.2, 0) is 4.43 Å². The van der Waals surface area contributed by atoms with Crippen molar-refractivity contribution in [1.29, 1.82) is 0 Å². The number of hydrogen-bond acceptors (Lipinski definition) is 1. The van der Waals surface area contributed by atoms with E-state index in [1.807, 2.05) is 0 Å². The third-order valence-electron chi connectivity index (χ3n) is 3.35. The Balaban J connectivity index is 3.23. The van der Waals surface area contributed by atoms with Gasteiger partial charge in [-0.15, -0.1) is 0 Å². The van der Waals surface area contributed by atoms with Crippen LogP contribution in [0.2, 0.25) is 19.1 Å². The van der Waals surface area contributed by atoms with Gasteiger partial charge in [0.1, 0.15) is 0 Å². The molecule has 0 fully saturated rings. The first-order chi connectivity index (χ1) is 7.98. The Hall–Kier alpha value is 0.177. The van der Waals surface area contributed by atoms with Crippen LogP contribution in [-0.4, -0.2) is 14.9 Å². The van der Waals surface area contributed by atoms with Gasteiger partial charge < -0.3 is 4.43 Å². The summed E-state index contributed by atoms with van der Waals surface area (Å²) in [5.74, 6) is 0.882. The van der Waals surface area contributed by atoms with Gasteiger partial charge in [0, 0.05) is 6.61 Å². The highest BCUT2D eigenvalue weighted by Gasteiger charge is 2.20. The van der Waals surface area contributed by atoms with Crippen molar-refractivity contribution < 1.29 is 4.43 Å². The summed E-state index contributed by atoms with van der Waals surface area (Å²) in [4.78, 5) is 0. The average Bonchev–Trinajstić information content (AvgIpc) is 2.21. The zero-order valence-corrected chi connectivity index (χ0v) is 13.8. The monoisotopic (exact) mass is 258 g/mol. The van der Waals surface area contributed by atoms with Gasteiger partial charge >= 0.3 is 0 Å². The minimum atomic E-state index is -1.29. The van der Waals surface area contributed by atoms with Gasteiger partial charge in [0.05, 0.1) is 0 Å². The minimum absolute atomic E-state index is 0.882. The first-order valence-electron chi connectivity index (χ1n) is 7.62. The topological polar surface area (TPSA) is 9.23 Å². The van der Waals surface area contributed by atoms with Crippen LogP contribution < -0.4 is 0 Å². The number of rotatable bonds is 11. The van der Waals surface area contributed by atoms with Crippen LogP contribution >= 0.6 is 0 Å². The first-order valence-corrected chi connectivity index (χ1v) is 10.7. The molecule has 0 atom stereocenters. The molecule has 0 rings (SSSR count). The molecule has 0 amide bonds. The fourth-order valence-electron chi connectivity index (χ4n) is 2.27. The molecule has 0 heterocycles. The van der Waals surface area contributed by atoms with Crippen molar-refractivity contribution in [3.8, 4) is 0 Å². The zero-order chi connectivity index (χ0) is 13.1. The molecule has 0 spiro atoms. The molecule has 0 aliphatic carbocycles. The molecule has 0 radical (unpaired) electrons. The van der Waals surface area contributed by atoms with Crippen LogP contribution in [0.3, 0.4) is 0 Å². The van der Waals surface area contributed by atoms with Crippen molar-refractivity contribution >= 4 is 8.32 Å². The first kappa shape index (κ1) is 17.2. The van der Waals surface area contributed by atoms with E-state index >= 15 is 0 Å². The van der Waals surface area contributed by atoms with E-state index in [2.05, 4.69) is 33.9 Å². The maximum absolute atomic E-state index is 5.84. The van der Waals surface area contributed by atoms with Crippen LogP contribution in [0.1, 0.15) is 65.7 Å². The van der Waals surface area contributed by atoms with Crippen LogP contribution in [0.15, 0.2) is 0 Å². The quantitative estimate of drug-likeness (QED) is 0.345. The lowest BCUT2D eigenvalue weighted by Gasteiger charge is -2.21. The van der Waals surface area contributed by atoms with E-state index in [-0.39, 0.29) is 0 Å². The second kappa shape index (κ2) is 10.1. The van der Waals surface area contributed by atoms with Gasteiger partial charge in [0.25, 0.3) is 0 Å². The maximum Gasteiger partial charge on any atom is 0.186 e. The molecule has 0 saturated heterocycles. The van der Waals surface area contributed by atoms with Gasteiger partial charge in [-0.25, -0.2) is 0 Å². The summed E-state index contributed by atoms with van der Waals surface area (Å²) in [7, 11) is -1.29. The molecule has 0 aromatic heterocycles. The minimum Gasteiger partial charge on any atom is -0.418 e. The molecule has 0 bridgehead atoms. The second-order valence-electron chi connectivity index (χ2n) is 6.25. The summed E-state index contributed by atoms with van der Waals surface area (Å²) in [5, 5.41) is 0. The molecule has 0 aliphatic heterocycles. The maximum atomic E-state index is 5.84. The Morgan fingerprint density at radius 3 is 1.94 bits per heavy atom. The smallest absolute Gasteiger partial charge is 0.186 e. The Morgan fingerprint density at radius 2 is 1.41 bits per heavy atom. The van der Waals surface area contributed by atoms with Crippen molar-refractivity contribution in [2.45, 2.75) is 84.9 Å². The van der Waals surface area contributed by atoms with Gasteiger partial charge in [-0.2, -0.15) is 0 Å². The fraction of sp³-hybridized carbons (Fsp3) is 1.00. The summed E-state index contributed by atoms with van der Waals surface area (Å²) >= 11 is 0. The molecular formula is C15H34OSi. The molecule has 0 saturated carbocycles. The Morgan fingerprint density at radius 1 is 0.882 bits per heavy atom. The standard InChI is InChI=1S/C15H34OSi/c1-6-16-17(4,5)14-12-10-8-7-9-11-13-15(2)3/h15H,6-14H2,1-5H3. The van der Waals surface area contributed by atoms with Gasteiger partial charge in [-0.1, -0.05) is 58.8 Å². The largest absolute Gasteiger partial charge is 0.418 e. The van der Waals surface area contributed by atoms with Crippen molar-refractivity contribution in [3.05, 3.63) is 0 Å². The van der Waals surface area contributed by atoms with E-state index in [4.69, 9.17) is 4.43 Å². The van der Waals surface area contributed by atoms with Crippen LogP contribution in [0, 0.1) is 5.92 Å². The van der Waals surface area contributed by atoms with Gasteiger partial charge in [0.15, 0.2) is 8.32 Å².